The molecule has 0 saturated carbocycles. The minimum atomic E-state index is -0.0720. The average molecular weight is 304 g/mol. The van der Waals surface area contributed by atoms with Gasteiger partial charge in [0.25, 0.3) is 0 Å². The molecule has 2 rings (SSSR count). The van der Waals surface area contributed by atoms with Gasteiger partial charge in [0.15, 0.2) is 11.5 Å². The molecule has 5 nitrogen and oxygen atoms in total. The number of aliphatic hydroxyl groups excluding tert-OH is 1. The van der Waals surface area contributed by atoms with E-state index in [0.29, 0.717) is 22.9 Å². The fourth-order valence-corrected chi connectivity index (χ4v) is 1.95. The van der Waals surface area contributed by atoms with Gasteiger partial charge in [-0.2, -0.15) is 0 Å². The van der Waals surface area contributed by atoms with Crippen LogP contribution in [0.15, 0.2) is 30.3 Å². The molecular weight excluding hydrogens is 288 g/mol. The zero-order chi connectivity index (χ0) is 15.4. The van der Waals surface area contributed by atoms with Crippen molar-refractivity contribution in [2.45, 2.75) is 13.5 Å². The van der Waals surface area contributed by atoms with Gasteiger partial charge in [0.1, 0.15) is 4.99 Å². The predicted molar refractivity (Wildman–Crippen MR) is 83.9 cm³/mol. The molecule has 2 aromatic rings. The quantitative estimate of drug-likeness (QED) is 0.826. The van der Waals surface area contributed by atoms with Crippen LogP contribution in [0.4, 0.5) is 0 Å². The summed E-state index contributed by atoms with van der Waals surface area (Å²) < 4.78 is 11.1. The number of aliphatic hydroxyl groups is 1. The standard InChI is InChI=1S/C15H16N2O3S/c1-9-3-5-11(14(16)21)15(17-9)20-12-6-4-10(8-18)7-13(12)19-2/h3-7,18H,8H2,1-2H3,(H2,16,21). The van der Waals surface area contributed by atoms with Gasteiger partial charge < -0.3 is 20.3 Å². The summed E-state index contributed by atoms with van der Waals surface area (Å²) in [6, 6.07) is 8.74. The molecule has 0 unspecified atom stereocenters. The van der Waals surface area contributed by atoms with E-state index in [-0.39, 0.29) is 11.6 Å². The highest BCUT2D eigenvalue weighted by molar-refractivity contribution is 7.80. The highest BCUT2D eigenvalue weighted by Crippen LogP contribution is 2.33. The van der Waals surface area contributed by atoms with E-state index in [1.807, 2.05) is 13.0 Å². The third-order valence-electron chi connectivity index (χ3n) is 2.88. The maximum Gasteiger partial charge on any atom is 0.229 e. The first kappa shape index (κ1) is 15.2. The first-order valence-corrected chi connectivity index (χ1v) is 6.69. The number of rotatable bonds is 5. The van der Waals surface area contributed by atoms with Gasteiger partial charge in [-0.1, -0.05) is 18.3 Å². The Kier molecular flexibility index (Phi) is 4.72. The molecule has 0 spiro atoms. The number of pyridine rings is 1. The molecule has 0 amide bonds. The lowest BCUT2D eigenvalue weighted by Gasteiger charge is -2.13. The van der Waals surface area contributed by atoms with Crippen LogP contribution in [0.25, 0.3) is 0 Å². The molecule has 0 fully saturated rings. The molecule has 1 aromatic heterocycles. The molecule has 21 heavy (non-hydrogen) atoms. The SMILES string of the molecule is COc1cc(CO)ccc1Oc1nc(C)ccc1C(N)=S. The van der Waals surface area contributed by atoms with E-state index < -0.39 is 0 Å². The fourth-order valence-electron chi connectivity index (χ4n) is 1.80. The van der Waals surface area contributed by atoms with Gasteiger partial charge in [-0.05, 0) is 36.8 Å². The summed E-state index contributed by atoms with van der Waals surface area (Å²) in [6.07, 6.45) is 0. The summed E-state index contributed by atoms with van der Waals surface area (Å²) in [5, 5.41) is 9.15. The number of aromatic nitrogens is 1. The molecule has 1 heterocycles. The van der Waals surface area contributed by atoms with Crippen LogP contribution in [0.3, 0.4) is 0 Å². The second-order valence-electron chi connectivity index (χ2n) is 4.41. The minimum absolute atomic E-state index is 0.0720. The lowest BCUT2D eigenvalue weighted by atomic mass is 10.2. The van der Waals surface area contributed by atoms with E-state index in [9.17, 15) is 0 Å². The molecule has 0 aliphatic heterocycles. The molecule has 0 aliphatic carbocycles. The summed E-state index contributed by atoms with van der Waals surface area (Å²) in [4.78, 5) is 4.52. The van der Waals surface area contributed by atoms with Crippen LogP contribution < -0.4 is 15.2 Å². The Morgan fingerprint density at radius 3 is 2.67 bits per heavy atom. The van der Waals surface area contributed by atoms with Crippen molar-refractivity contribution in [3.8, 4) is 17.4 Å². The van der Waals surface area contributed by atoms with Gasteiger partial charge in [0.05, 0.1) is 19.3 Å². The smallest absolute Gasteiger partial charge is 0.229 e. The number of hydrogen-bond acceptors (Lipinski definition) is 5. The summed E-state index contributed by atoms with van der Waals surface area (Å²) in [5.41, 5.74) is 7.76. The normalized spacial score (nSPS) is 10.2. The number of ether oxygens (including phenoxy) is 2. The maximum absolute atomic E-state index is 9.15. The Balaban J connectivity index is 2.42. The largest absolute Gasteiger partial charge is 0.493 e. The zero-order valence-corrected chi connectivity index (χ0v) is 12.6. The average Bonchev–Trinajstić information content (AvgIpc) is 2.47. The van der Waals surface area contributed by atoms with E-state index in [1.165, 1.54) is 7.11 Å². The Labute approximate surface area is 128 Å². The van der Waals surface area contributed by atoms with E-state index >= 15 is 0 Å². The topological polar surface area (TPSA) is 77.6 Å². The van der Waals surface area contributed by atoms with E-state index in [2.05, 4.69) is 4.98 Å². The number of nitrogens with two attached hydrogens (primary N) is 1. The van der Waals surface area contributed by atoms with Crippen LogP contribution >= 0.6 is 12.2 Å². The highest BCUT2D eigenvalue weighted by Gasteiger charge is 2.13. The zero-order valence-electron chi connectivity index (χ0n) is 11.8. The Bertz CT molecular complexity index is 674. The third kappa shape index (κ3) is 3.48. The molecular formula is C15H16N2O3S. The van der Waals surface area contributed by atoms with Crippen LogP contribution in [0, 0.1) is 6.92 Å². The Morgan fingerprint density at radius 2 is 2.05 bits per heavy atom. The van der Waals surface area contributed by atoms with E-state index in [4.69, 9.17) is 32.5 Å². The van der Waals surface area contributed by atoms with Crippen LogP contribution in [-0.2, 0) is 6.61 Å². The highest BCUT2D eigenvalue weighted by atomic mass is 32.1. The number of thiocarbonyl (C=S) groups is 1. The molecule has 0 aliphatic rings. The van der Waals surface area contributed by atoms with Crippen molar-refractivity contribution < 1.29 is 14.6 Å². The van der Waals surface area contributed by atoms with Gasteiger partial charge in [-0.15, -0.1) is 0 Å². The third-order valence-corrected chi connectivity index (χ3v) is 3.10. The van der Waals surface area contributed by atoms with Gasteiger partial charge >= 0.3 is 0 Å². The van der Waals surface area contributed by atoms with Crippen molar-refractivity contribution >= 4 is 17.2 Å². The number of hydrogen-bond donors (Lipinski definition) is 2. The summed E-state index contributed by atoms with van der Waals surface area (Å²) >= 11 is 5.00. The first-order valence-electron chi connectivity index (χ1n) is 6.28. The fraction of sp³-hybridized carbons (Fsp3) is 0.200. The summed E-state index contributed by atoms with van der Waals surface area (Å²) in [7, 11) is 1.53. The van der Waals surface area contributed by atoms with Gasteiger partial charge in [0.2, 0.25) is 5.88 Å². The van der Waals surface area contributed by atoms with E-state index in [1.54, 1.807) is 24.3 Å². The van der Waals surface area contributed by atoms with E-state index in [0.717, 1.165) is 11.3 Å². The van der Waals surface area contributed by atoms with Crippen LogP contribution in [0.2, 0.25) is 0 Å². The van der Waals surface area contributed by atoms with Crippen molar-refractivity contribution in [3.63, 3.8) is 0 Å². The maximum atomic E-state index is 9.15. The second-order valence-corrected chi connectivity index (χ2v) is 4.85. The molecule has 0 bridgehead atoms. The van der Waals surface area contributed by atoms with Crippen molar-refractivity contribution in [1.82, 2.24) is 4.98 Å². The lowest BCUT2D eigenvalue weighted by molar-refractivity contribution is 0.280. The Hall–Kier alpha value is -2.18. The molecule has 0 saturated heterocycles. The van der Waals surface area contributed by atoms with Gasteiger partial charge in [-0.3, -0.25) is 0 Å². The number of nitrogens with zero attached hydrogens (tertiary/aromatic N) is 1. The molecule has 0 radical (unpaired) electrons. The second kappa shape index (κ2) is 6.51. The summed E-state index contributed by atoms with van der Waals surface area (Å²) in [6.45, 7) is 1.78. The molecule has 110 valence electrons. The van der Waals surface area contributed by atoms with Crippen LogP contribution in [0.5, 0.6) is 17.4 Å². The molecule has 6 heteroatoms. The summed E-state index contributed by atoms with van der Waals surface area (Å²) in [5.74, 6) is 1.31. The number of aryl methyl sites for hydroxylation is 1. The minimum Gasteiger partial charge on any atom is -0.493 e. The number of methoxy groups -OCH3 is 1. The van der Waals surface area contributed by atoms with Crippen LogP contribution in [-0.4, -0.2) is 22.2 Å². The molecule has 0 atom stereocenters. The number of benzene rings is 1. The Morgan fingerprint density at radius 1 is 1.29 bits per heavy atom. The molecule has 3 N–H and O–H groups in total. The van der Waals surface area contributed by atoms with Crippen molar-refractivity contribution in [2.75, 3.05) is 7.11 Å². The van der Waals surface area contributed by atoms with Crippen LogP contribution in [0.1, 0.15) is 16.8 Å². The van der Waals surface area contributed by atoms with Crippen molar-refractivity contribution in [3.05, 3.63) is 47.2 Å². The molecule has 1 aromatic carbocycles. The van der Waals surface area contributed by atoms with Crippen molar-refractivity contribution in [1.29, 1.82) is 0 Å². The van der Waals surface area contributed by atoms with Gasteiger partial charge in [-0.25, -0.2) is 4.98 Å². The predicted octanol–water partition coefficient (Wildman–Crippen LogP) is 2.32. The first-order chi connectivity index (χ1) is 10.0. The monoisotopic (exact) mass is 304 g/mol. The van der Waals surface area contributed by atoms with Crippen molar-refractivity contribution in [2.24, 2.45) is 5.73 Å². The lowest BCUT2D eigenvalue weighted by Crippen LogP contribution is -2.12. The van der Waals surface area contributed by atoms with Gasteiger partial charge in [0, 0.05) is 5.69 Å².